The maximum Gasteiger partial charge on any atom is 0.293 e. The molecular formula is C12H19N3O. The van der Waals surface area contributed by atoms with Gasteiger partial charge < -0.3 is 9.88 Å². The highest BCUT2D eigenvalue weighted by Crippen LogP contribution is 2.19. The summed E-state index contributed by atoms with van der Waals surface area (Å²) in [6.45, 7) is 0. The number of rotatable bonds is 2. The third-order valence-corrected chi connectivity index (χ3v) is 3.21. The van der Waals surface area contributed by atoms with Gasteiger partial charge in [-0.1, -0.05) is 25.7 Å². The Bertz CT molecular complexity index is 391. The van der Waals surface area contributed by atoms with Gasteiger partial charge in [-0.2, -0.15) is 0 Å². The SMILES string of the molecule is Cn1ccnc(NC2CCCCCC2)c1=O. The number of aromatic nitrogens is 2. The van der Waals surface area contributed by atoms with Gasteiger partial charge in [0, 0.05) is 25.5 Å². The first kappa shape index (κ1) is 11.2. The highest BCUT2D eigenvalue weighted by Gasteiger charge is 2.13. The minimum atomic E-state index is -0.0354. The Labute approximate surface area is 95.7 Å². The number of hydrogen-bond donors (Lipinski definition) is 1. The molecule has 1 heterocycles. The van der Waals surface area contributed by atoms with E-state index >= 15 is 0 Å². The molecule has 1 N–H and O–H groups in total. The predicted octanol–water partition coefficient (Wildman–Crippen LogP) is 1.91. The van der Waals surface area contributed by atoms with Crippen LogP contribution in [0.15, 0.2) is 17.2 Å². The summed E-state index contributed by atoms with van der Waals surface area (Å²) >= 11 is 0. The zero-order valence-electron chi connectivity index (χ0n) is 9.78. The molecule has 1 aromatic rings. The molecule has 1 aromatic heterocycles. The van der Waals surface area contributed by atoms with Crippen LogP contribution in [0, 0.1) is 0 Å². The summed E-state index contributed by atoms with van der Waals surface area (Å²) in [6, 6.07) is 0.421. The van der Waals surface area contributed by atoms with Crippen molar-refractivity contribution >= 4 is 5.82 Å². The van der Waals surface area contributed by atoms with Crippen molar-refractivity contribution in [3.63, 3.8) is 0 Å². The molecule has 1 aliphatic carbocycles. The van der Waals surface area contributed by atoms with Gasteiger partial charge in [0.2, 0.25) is 0 Å². The second-order valence-corrected chi connectivity index (χ2v) is 4.52. The Morgan fingerprint density at radius 2 is 2.00 bits per heavy atom. The van der Waals surface area contributed by atoms with Crippen LogP contribution >= 0.6 is 0 Å². The molecule has 4 heteroatoms. The highest BCUT2D eigenvalue weighted by molar-refractivity contribution is 5.32. The largest absolute Gasteiger partial charge is 0.363 e. The van der Waals surface area contributed by atoms with Gasteiger partial charge in [-0.3, -0.25) is 4.79 Å². The Morgan fingerprint density at radius 3 is 2.69 bits per heavy atom. The van der Waals surface area contributed by atoms with Crippen LogP contribution in [-0.4, -0.2) is 15.6 Å². The molecule has 0 aliphatic heterocycles. The summed E-state index contributed by atoms with van der Waals surface area (Å²) in [6.07, 6.45) is 10.8. The molecule has 1 fully saturated rings. The first-order valence-corrected chi connectivity index (χ1v) is 6.05. The van der Waals surface area contributed by atoms with E-state index in [0.29, 0.717) is 11.9 Å². The van der Waals surface area contributed by atoms with Crippen molar-refractivity contribution in [1.29, 1.82) is 0 Å². The van der Waals surface area contributed by atoms with Crippen LogP contribution in [0.4, 0.5) is 5.82 Å². The van der Waals surface area contributed by atoms with Crippen LogP contribution in [-0.2, 0) is 7.05 Å². The fourth-order valence-corrected chi connectivity index (χ4v) is 2.21. The topological polar surface area (TPSA) is 46.9 Å². The van der Waals surface area contributed by atoms with Crippen LogP contribution in [0.1, 0.15) is 38.5 Å². The maximum absolute atomic E-state index is 11.8. The highest BCUT2D eigenvalue weighted by atomic mass is 16.1. The second kappa shape index (κ2) is 5.14. The average molecular weight is 221 g/mol. The molecule has 0 saturated heterocycles. The van der Waals surface area contributed by atoms with Gasteiger partial charge in [-0.05, 0) is 12.8 Å². The molecule has 1 aliphatic rings. The van der Waals surface area contributed by atoms with E-state index in [1.165, 1.54) is 25.7 Å². The molecule has 0 spiro atoms. The average Bonchev–Trinajstić information content (AvgIpc) is 2.53. The van der Waals surface area contributed by atoms with E-state index in [1.54, 1.807) is 24.0 Å². The number of nitrogens with zero attached hydrogens (tertiary/aromatic N) is 2. The lowest BCUT2D eigenvalue weighted by atomic mass is 10.1. The van der Waals surface area contributed by atoms with Crippen molar-refractivity contribution < 1.29 is 0 Å². The maximum atomic E-state index is 11.8. The first-order valence-electron chi connectivity index (χ1n) is 6.05. The number of hydrogen-bond acceptors (Lipinski definition) is 3. The van der Waals surface area contributed by atoms with Gasteiger partial charge in [0.25, 0.3) is 5.56 Å². The van der Waals surface area contributed by atoms with Crippen LogP contribution in [0.3, 0.4) is 0 Å². The Morgan fingerprint density at radius 1 is 1.31 bits per heavy atom. The lowest BCUT2D eigenvalue weighted by Crippen LogP contribution is -2.27. The molecule has 1 saturated carbocycles. The molecule has 4 nitrogen and oxygen atoms in total. The van der Waals surface area contributed by atoms with E-state index in [9.17, 15) is 4.79 Å². The Kier molecular flexibility index (Phi) is 3.59. The molecule has 16 heavy (non-hydrogen) atoms. The summed E-state index contributed by atoms with van der Waals surface area (Å²) in [5, 5.41) is 3.29. The van der Waals surface area contributed by atoms with E-state index in [4.69, 9.17) is 0 Å². The minimum absolute atomic E-state index is 0.0354. The fraction of sp³-hybridized carbons (Fsp3) is 0.667. The summed E-state index contributed by atoms with van der Waals surface area (Å²) in [5.41, 5.74) is -0.0354. The molecule has 0 aromatic carbocycles. The van der Waals surface area contributed by atoms with Crippen LogP contribution in [0.25, 0.3) is 0 Å². The number of anilines is 1. The van der Waals surface area contributed by atoms with Gasteiger partial charge in [-0.15, -0.1) is 0 Å². The van der Waals surface area contributed by atoms with Crippen molar-refractivity contribution in [3.05, 3.63) is 22.7 Å². The lowest BCUT2D eigenvalue weighted by molar-refractivity contribution is 0.615. The zero-order valence-corrected chi connectivity index (χ0v) is 9.78. The third kappa shape index (κ3) is 2.62. The standard InChI is InChI=1S/C12H19N3O/c1-15-9-8-13-11(12(15)16)14-10-6-4-2-3-5-7-10/h8-10H,2-7H2,1H3,(H,13,14). The van der Waals surface area contributed by atoms with Crippen LogP contribution in [0.5, 0.6) is 0 Å². The number of nitrogens with one attached hydrogen (secondary N) is 1. The molecule has 2 rings (SSSR count). The predicted molar refractivity (Wildman–Crippen MR) is 64.6 cm³/mol. The summed E-state index contributed by atoms with van der Waals surface area (Å²) < 4.78 is 1.56. The van der Waals surface area contributed by atoms with Gasteiger partial charge in [-0.25, -0.2) is 4.98 Å². The second-order valence-electron chi connectivity index (χ2n) is 4.52. The van der Waals surface area contributed by atoms with E-state index in [-0.39, 0.29) is 5.56 Å². The minimum Gasteiger partial charge on any atom is -0.363 e. The third-order valence-electron chi connectivity index (χ3n) is 3.21. The Balaban J connectivity index is 2.07. The Hall–Kier alpha value is -1.32. The first-order chi connectivity index (χ1) is 7.77. The van der Waals surface area contributed by atoms with Crippen molar-refractivity contribution in [3.8, 4) is 0 Å². The van der Waals surface area contributed by atoms with Crippen LogP contribution < -0.4 is 10.9 Å². The van der Waals surface area contributed by atoms with Crippen molar-refractivity contribution in [2.45, 2.75) is 44.6 Å². The molecule has 0 radical (unpaired) electrons. The van der Waals surface area contributed by atoms with Gasteiger partial charge in [0.05, 0.1) is 0 Å². The van der Waals surface area contributed by atoms with E-state index in [0.717, 1.165) is 12.8 Å². The molecule has 0 amide bonds. The molecular weight excluding hydrogens is 202 g/mol. The summed E-state index contributed by atoms with van der Waals surface area (Å²) in [5.74, 6) is 0.497. The quantitative estimate of drug-likeness (QED) is 0.776. The molecule has 0 unspecified atom stereocenters. The number of aryl methyl sites for hydroxylation is 1. The smallest absolute Gasteiger partial charge is 0.293 e. The van der Waals surface area contributed by atoms with Crippen molar-refractivity contribution in [2.24, 2.45) is 7.05 Å². The molecule has 88 valence electrons. The zero-order chi connectivity index (χ0) is 11.4. The van der Waals surface area contributed by atoms with E-state index in [2.05, 4.69) is 10.3 Å². The van der Waals surface area contributed by atoms with Gasteiger partial charge in [0.1, 0.15) is 0 Å². The van der Waals surface area contributed by atoms with Gasteiger partial charge >= 0.3 is 0 Å². The molecule has 0 atom stereocenters. The van der Waals surface area contributed by atoms with E-state index in [1.807, 2.05) is 0 Å². The van der Waals surface area contributed by atoms with Crippen LogP contribution in [0.2, 0.25) is 0 Å². The fourth-order valence-electron chi connectivity index (χ4n) is 2.21. The van der Waals surface area contributed by atoms with Crippen molar-refractivity contribution in [2.75, 3.05) is 5.32 Å². The summed E-state index contributed by atoms with van der Waals surface area (Å²) in [4.78, 5) is 15.9. The lowest BCUT2D eigenvalue weighted by Gasteiger charge is -2.16. The monoisotopic (exact) mass is 221 g/mol. The normalized spacial score (nSPS) is 18.1. The van der Waals surface area contributed by atoms with Crippen molar-refractivity contribution in [1.82, 2.24) is 9.55 Å². The van der Waals surface area contributed by atoms with Gasteiger partial charge in [0.15, 0.2) is 5.82 Å². The molecule has 0 bridgehead atoms. The summed E-state index contributed by atoms with van der Waals surface area (Å²) in [7, 11) is 1.75. The van der Waals surface area contributed by atoms with E-state index < -0.39 is 0 Å².